The fourth-order valence-corrected chi connectivity index (χ4v) is 1.96. The van der Waals surface area contributed by atoms with Gasteiger partial charge < -0.3 is 20.6 Å². The minimum Gasteiger partial charge on any atom is -0.476 e. The Kier molecular flexibility index (Phi) is 4.20. The molecule has 2 aromatic rings. The number of amides is 1. The summed E-state index contributed by atoms with van der Waals surface area (Å²) in [6.07, 6.45) is -2.45. The van der Waals surface area contributed by atoms with Crippen LogP contribution in [0.3, 0.4) is 0 Å². The fourth-order valence-electron chi connectivity index (χ4n) is 1.96. The van der Waals surface area contributed by atoms with E-state index in [-0.39, 0.29) is 18.1 Å². The van der Waals surface area contributed by atoms with E-state index in [0.717, 1.165) is 0 Å². The molecule has 2 unspecified atom stereocenters. The molecular weight excluding hydrogens is 278 g/mol. The quantitative estimate of drug-likeness (QED) is 0.517. The van der Waals surface area contributed by atoms with Gasteiger partial charge in [-0.25, -0.2) is 4.79 Å². The van der Waals surface area contributed by atoms with Crippen LogP contribution in [0.25, 0.3) is 10.9 Å². The maximum absolute atomic E-state index is 11.0. The first-order chi connectivity index (χ1) is 9.90. The third kappa shape index (κ3) is 3.18. The molecule has 112 valence electrons. The first kappa shape index (κ1) is 14.9. The first-order valence-corrected chi connectivity index (χ1v) is 6.22. The number of fused-ring (bicyclic) bond motifs is 1. The smallest absolute Gasteiger partial charge is 0.357 e. The van der Waals surface area contributed by atoms with Crippen LogP contribution in [0.5, 0.6) is 0 Å². The van der Waals surface area contributed by atoms with Crippen molar-refractivity contribution in [3.63, 3.8) is 0 Å². The van der Waals surface area contributed by atoms with Crippen molar-refractivity contribution in [1.82, 2.24) is 15.5 Å². The molecule has 2 rings (SSSR count). The van der Waals surface area contributed by atoms with Gasteiger partial charge in [-0.05, 0) is 17.7 Å². The minimum atomic E-state index is -1.25. The molecule has 0 saturated heterocycles. The molecule has 0 aliphatic rings. The highest BCUT2D eigenvalue weighted by Gasteiger charge is 2.21. The van der Waals surface area contributed by atoms with E-state index < -0.39 is 18.2 Å². The van der Waals surface area contributed by atoms with E-state index in [0.29, 0.717) is 16.5 Å². The number of H-pyrrole nitrogens is 1. The second-order valence-electron chi connectivity index (χ2n) is 4.63. The molecule has 0 saturated carbocycles. The van der Waals surface area contributed by atoms with E-state index in [1.54, 1.807) is 12.1 Å². The van der Waals surface area contributed by atoms with E-state index in [1.807, 2.05) is 0 Å². The van der Waals surface area contributed by atoms with Gasteiger partial charge in [0.1, 0.15) is 12.2 Å². The minimum absolute atomic E-state index is 0.105. The lowest BCUT2D eigenvalue weighted by Crippen LogP contribution is -2.34. The SMILES string of the molecule is CC(=O)NCC(O)C(O)c1ccc2[nH]nc(C(=O)O)c2c1. The van der Waals surface area contributed by atoms with Crippen molar-refractivity contribution in [1.29, 1.82) is 0 Å². The lowest BCUT2D eigenvalue weighted by molar-refractivity contribution is -0.119. The summed E-state index contributed by atoms with van der Waals surface area (Å²) in [5, 5.41) is 37.9. The molecule has 21 heavy (non-hydrogen) atoms. The predicted molar refractivity (Wildman–Crippen MR) is 72.7 cm³/mol. The average molecular weight is 293 g/mol. The highest BCUT2D eigenvalue weighted by Crippen LogP contribution is 2.23. The van der Waals surface area contributed by atoms with Gasteiger partial charge in [0.05, 0.1) is 5.52 Å². The van der Waals surface area contributed by atoms with Gasteiger partial charge >= 0.3 is 5.97 Å². The maximum atomic E-state index is 11.0. The van der Waals surface area contributed by atoms with Crippen LogP contribution in [0.2, 0.25) is 0 Å². The number of aromatic nitrogens is 2. The molecule has 5 N–H and O–H groups in total. The van der Waals surface area contributed by atoms with Crippen LogP contribution >= 0.6 is 0 Å². The standard InChI is InChI=1S/C13H15N3O5/c1-6(17)14-5-10(18)12(19)7-2-3-9-8(4-7)11(13(20)21)16-15-9/h2-4,10,12,18-19H,5H2,1H3,(H,14,17)(H,15,16)(H,20,21). The number of hydrogen-bond acceptors (Lipinski definition) is 5. The molecule has 8 nitrogen and oxygen atoms in total. The Hall–Kier alpha value is -2.45. The second-order valence-corrected chi connectivity index (χ2v) is 4.63. The number of carboxylic acids is 1. The molecule has 0 bridgehead atoms. The van der Waals surface area contributed by atoms with Gasteiger partial charge in [0.15, 0.2) is 5.69 Å². The lowest BCUT2D eigenvalue weighted by Gasteiger charge is -2.18. The van der Waals surface area contributed by atoms with Gasteiger partial charge in [-0.1, -0.05) is 6.07 Å². The summed E-state index contributed by atoms with van der Waals surface area (Å²) in [6.45, 7) is 1.20. The summed E-state index contributed by atoms with van der Waals surface area (Å²) in [5.74, 6) is -1.51. The van der Waals surface area contributed by atoms with Crippen molar-refractivity contribution in [3.8, 4) is 0 Å². The van der Waals surface area contributed by atoms with E-state index in [4.69, 9.17) is 5.11 Å². The number of aliphatic hydroxyl groups excluding tert-OH is 2. The summed E-state index contributed by atoms with van der Waals surface area (Å²) in [7, 11) is 0. The van der Waals surface area contributed by atoms with Crippen LogP contribution in [-0.4, -0.2) is 50.0 Å². The predicted octanol–water partition coefficient (Wildman–Crippen LogP) is -0.209. The zero-order valence-corrected chi connectivity index (χ0v) is 11.2. The summed E-state index contributed by atoms with van der Waals surface area (Å²) in [5.41, 5.74) is 0.694. The van der Waals surface area contributed by atoms with Crippen molar-refractivity contribution in [3.05, 3.63) is 29.5 Å². The number of rotatable bonds is 5. The zero-order valence-electron chi connectivity index (χ0n) is 11.2. The molecule has 8 heteroatoms. The van der Waals surface area contributed by atoms with Crippen LogP contribution in [0.1, 0.15) is 29.1 Å². The van der Waals surface area contributed by atoms with Gasteiger partial charge in [-0.15, -0.1) is 0 Å². The number of benzene rings is 1. The average Bonchev–Trinajstić information content (AvgIpc) is 2.86. The normalized spacial score (nSPS) is 13.9. The van der Waals surface area contributed by atoms with Gasteiger partial charge in [0, 0.05) is 18.9 Å². The molecule has 1 heterocycles. The van der Waals surface area contributed by atoms with Crippen molar-refractivity contribution in [2.45, 2.75) is 19.1 Å². The number of carboxylic acid groups (broad SMARTS) is 1. The van der Waals surface area contributed by atoms with Gasteiger partial charge in [0.2, 0.25) is 5.91 Å². The van der Waals surface area contributed by atoms with E-state index in [2.05, 4.69) is 15.5 Å². The fraction of sp³-hybridized carbons (Fsp3) is 0.308. The molecule has 0 fully saturated rings. The highest BCUT2D eigenvalue weighted by molar-refractivity contribution is 6.01. The summed E-state index contributed by atoms with van der Waals surface area (Å²) >= 11 is 0. The third-order valence-electron chi connectivity index (χ3n) is 3.06. The van der Waals surface area contributed by atoms with Crippen LogP contribution < -0.4 is 5.32 Å². The molecule has 1 aromatic heterocycles. The molecule has 1 amide bonds. The monoisotopic (exact) mass is 293 g/mol. The van der Waals surface area contributed by atoms with Crippen LogP contribution in [0.15, 0.2) is 18.2 Å². The number of aromatic carboxylic acids is 1. The Bertz CT molecular complexity index is 681. The highest BCUT2D eigenvalue weighted by atomic mass is 16.4. The Morgan fingerprint density at radius 1 is 1.38 bits per heavy atom. The van der Waals surface area contributed by atoms with Gasteiger partial charge in [-0.3, -0.25) is 9.89 Å². The van der Waals surface area contributed by atoms with Gasteiger partial charge in [-0.2, -0.15) is 5.10 Å². The number of nitrogens with one attached hydrogen (secondary N) is 2. The second kappa shape index (κ2) is 5.90. The van der Waals surface area contributed by atoms with Gasteiger partial charge in [0.25, 0.3) is 0 Å². The van der Waals surface area contributed by atoms with E-state index >= 15 is 0 Å². The van der Waals surface area contributed by atoms with E-state index in [9.17, 15) is 19.8 Å². The summed E-state index contributed by atoms with van der Waals surface area (Å²) in [4.78, 5) is 21.8. The van der Waals surface area contributed by atoms with Crippen molar-refractivity contribution in [2.24, 2.45) is 0 Å². The largest absolute Gasteiger partial charge is 0.476 e. The van der Waals surface area contributed by atoms with Crippen LogP contribution in [-0.2, 0) is 4.79 Å². The Morgan fingerprint density at radius 2 is 2.10 bits per heavy atom. The number of carbonyl (C=O) groups is 2. The number of nitrogens with zero attached hydrogens (tertiary/aromatic N) is 1. The number of aromatic amines is 1. The molecule has 1 aromatic carbocycles. The Balaban J connectivity index is 2.26. The topological polar surface area (TPSA) is 136 Å². The lowest BCUT2D eigenvalue weighted by atomic mass is 10.0. The number of carbonyl (C=O) groups excluding carboxylic acids is 1. The Labute approximate surface area is 119 Å². The first-order valence-electron chi connectivity index (χ1n) is 6.22. The van der Waals surface area contributed by atoms with Crippen LogP contribution in [0, 0.1) is 0 Å². The number of hydrogen-bond donors (Lipinski definition) is 5. The van der Waals surface area contributed by atoms with Crippen molar-refractivity contribution in [2.75, 3.05) is 6.54 Å². The van der Waals surface area contributed by atoms with Crippen molar-refractivity contribution >= 4 is 22.8 Å². The van der Waals surface area contributed by atoms with Crippen molar-refractivity contribution < 1.29 is 24.9 Å². The molecule has 0 radical (unpaired) electrons. The number of aliphatic hydroxyl groups is 2. The molecular formula is C13H15N3O5. The van der Waals surface area contributed by atoms with Crippen LogP contribution in [0.4, 0.5) is 0 Å². The molecule has 0 aliphatic heterocycles. The van der Waals surface area contributed by atoms with E-state index in [1.165, 1.54) is 13.0 Å². The molecule has 2 atom stereocenters. The summed E-state index contributed by atoms with van der Waals surface area (Å²) in [6, 6.07) is 4.57. The zero-order chi connectivity index (χ0) is 15.6. The molecule has 0 aliphatic carbocycles. The summed E-state index contributed by atoms with van der Waals surface area (Å²) < 4.78 is 0. The Morgan fingerprint density at radius 3 is 2.71 bits per heavy atom. The third-order valence-corrected chi connectivity index (χ3v) is 3.06. The molecule has 0 spiro atoms. The maximum Gasteiger partial charge on any atom is 0.357 e.